The highest BCUT2D eigenvalue weighted by molar-refractivity contribution is 7.18. The van der Waals surface area contributed by atoms with E-state index in [0.717, 1.165) is 37.9 Å². The molecule has 7 aromatic rings. The predicted molar refractivity (Wildman–Crippen MR) is 188 cm³/mol. The number of nitrogens with zero attached hydrogens (tertiary/aromatic N) is 4. The first-order chi connectivity index (χ1) is 23.7. The minimum Gasteiger partial charge on any atom is -0.429 e. The van der Waals surface area contributed by atoms with Crippen LogP contribution in [-0.2, 0) is 9.59 Å². The molecule has 0 spiro atoms. The van der Waals surface area contributed by atoms with Gasteiger partial charge in [-0.25, -0.2) is 4.98 Å². The van der Waals surface area contributed by atoms with Crippen LogP contribution in [0.2, 0.25) is 0 Å². The van der Waals surface area contributed by atoms with Gasteiger partial charge in [-0.2, -0.15) is 0 Å². The second kappa shape index (κ2) is 13.9. The normalized spacial score (nSPS) is 10.7. The average Bonchev–Trinajstić information content (AvgIpc) is 3.64. The number of anilines is 3. The molecule has 3 aromatic carbocycles. The van der Waals surface area contributed by atoms with E-state index >= 15 is 0 Å². The number of carbonyl (C=O) groups is 2. The Balaban J connectivity index is 1.21. The van der Waals surface area contributed by atoms with Crippen LogP contribution in [0.15, 0.2) is 146 Å². The molecular weight excluding hydrogens is 621 g/mol. The maximum Gasteiger partial charge on any atom is 0.298 e. The van der Waals surface area contributed by atoms with Crippen LogP contribution in [-0.4, -0.2) is 27.9 Å². The molecule has 0 unspecified atom stereocenters. The minimum absolute atomic E-state index is 0.277. The Morgan fingerprint density at radius 2 is 1.04 bits per heavy atom. The molecule has 0 aliphatic carbocycles. The lowest BCUT2D eigenvalue weighted by molar-refractivity contribution is -0.121. The van der Waals surface area contributed by atoms with Crippen LogP contribution in [0.3, 0.4) is 0 Å². The molecule has 0 N–H and O–H groups in total. The van der Waals surface area contributed by atoms with Gasteiger partial charge in [-0.15, -0.1) is 11.3 Å². The molecule has 4 heterocycles. The van der Waals surface area contributed by atoms with E-state index in [0.29, 0.717) is 41.5 Å². The predicted octanol–water partition coefficient (Wildman–Crippen LogP) is 9.14. The molecule has 9 heteroatoms. The zero-order valence-electron chi connectivity index (χ0n) is 25.3. The number of pyridine rings is 3. The molecule has 0 radical (unpaired) electrons. The van der Waals surface area contributed by atoms with Crippen LogP contribution in [0.4, 0.5) is 17.1 Å². The summed E-state index contributed by atoms with van der Waals surface area (Å²) in [6.45, 7) is 0.698. The Morgan fingerprint density at radius 1 is 0.500 bits per heavy atom. The van der Waals surface area contributed by atoms with Gasteiger partial charge in [0, 0.05) is 57.4 Å². The zero-order valence-corrected chi connectivity index (χ0v) is 26.2. The second-order valence-electron chi connectivity index (χ2n) is 10.5. The van der Waals surface area contributed by atoms with Crippen LogP contribution in [0.1, 0.15) is 0 Å². The van der Waals surface area contributed by atoms with Gasteiger partial charge in [0.2, 0.25) is 0 Å². The fraction of sp³-hybridized carbons (Fsp3) is 0. The molecule has 4 aromatic heterocycles. The van der Waals surface area contributed by atoms with E-state index in [2.05, 4.69) is 75.5 Å². The molecule has 0 amide bonds. The van der Waals surface area contributed by atoms with Gasteiger partial charge in [-0.05, 0) is 77.9 Å². The van der Waals surface area contributed by atoms with E-state index in [-0.39, 0.29) is 5.75 Å². The smallest absolute Gasteiger partial charge is 0.298 e. The second-order valence-corrected chi connectivity index (χ2v) is 11.6. The summed E-state index contributed by atoms with van der Waals surface area (Å²) in [7, 11) is 0. The lowest BCUT2D eigenvalue weighted by Gasteiger charge is -2.25. The number of aromatic nitrogens is 3. The first-order valence-corrected chi connectivity index (χ1v) is 15.8. The van der Waals surface area contributed by atoms with E-state index in [1.54, 1.807) is 41.8 Å². The summed E-state index contributed by atoms with van der Waals surface area (Å²) in [6, 6.07) is 43.7. The number of carbonyl (C=O) groups excluding carboxylic acids is 2. The largest absolute Gasteiger partial charge is 0.429 e. The molecule has 0 saturated heterocycles. The highest BCUT2D eigenvalue weighted by Gasteiger charge is 2.15. The molecule has 0 fully saturated rings. The molecule has 7 rings (SSSR count). The first kappa shape index (κ1) is 30.2. The monoisotopic (exact) mass is 646 g/mol. The third-order valence-corrected chi connectivity index (χ3v) is 8.68. The van der Waals surface area contributed by atoms with Gasteiger partial charge >= 0.3 is 0 Å². The van der Waals surface area contributed by atoms with Crippen LogP contribution < -0.4 is 14.4 Å². The third-order valence-electron chi connectivity index (χ3n) is 7.49. The van der Waals surface area contributed by atoms with Gasteiger partial charge in [0.05, 0.1) is 22.8 Å². The number of hydrogen-bond acceptors (Lipinski definition) is 9. The summed E-state index contributed by atoms with van der Waals surface area (Å²) in [4.78, 5) is 40.2. The van der Waals surface area contributed by atoms with Crippen molar-refractivity contribution in [3.63, 3.8) is 0 Å². The third kappa shape index (κ3) is 6.57. The Labute approximate surface area is 280 Å². The van der Waals surface area contributed by atoms with Gasteiger partial charge in [0.25, 0.3) is 12.9 Å². The van der Waals surface area contributed by atoms with E-state index < -0.39 is 0 Å². The lowest BCUT2D eigenvalue weighted by atomic mass is 10.1. The summed E-state index contributed by atoms with van der Waals surface area (Å²) >= 11 is 1.68. The summed E-state index contributed by atoms with van der Waals surface area (Å²) in [6.07, 6.45) is 3.24. The molecule has 0 aliphatic rings. The van der Waals surface area contributed by atoms with Crippen molar-refractivity contribution < 1.29 is 19.1 Å². The fourth-order valence-corrected chi connectivity index (χ4v) is 6.34. The van der Waals surface area contributed by atoms with Crippen LogP contribution in [0, 0.1) is 0 Å². The van der Waals surface area contributed by atoms with Gasteiger partial charge < -0.3 is 14.4 Å². The van der Waals surface area contributed by atoms with E-state index in [9.17, 15) is 9.59 Å². The summed E-state index contributed by atoms with van der Waals surface area (Å²) < 4.78 is 10.2. The SMILES string of the molecule is O=COc1ccnc(-c2cc(OC=O)cc(-c3cc(-c4ccc(-c5cccc(N(c6ccccc6)c6ccccc6)c5)s4)ccn3)n2)c1. The molecule has 0 aliphatic heterocycles. The van der Waals surface area contributed by atoms with Crippen molar-refractivity contribution in [3.8, 4) is 55.2 Å². The number of ether oxygens (including phenoxy) is 2. The average molecular weight is 647 g/mol. The molecule has 8 nitrogen and oxygen atoms in total. The Kier molecular flexibility index (Phi) is 8.75. The topological polar surface area (TPSA) is 94.5 Å². The van der Waals surface area contributed by atoms with Crippen molar-refractivity contribution in [1.82, 2.24) is 15.0 Å². The maximum absolute atomic E-state index is 11.2. The summed E-state index contributed by atoms with van der Waals surface area (Å²) in [5, 5.41) is 0. The van der Waals surface area contributed by atoms with Gasteiger partial charge in [0.1, 0.15) is 11.5 Å². The molecule has 232 valence electrons. The Morgan fingerprint density at radius 3 is 1.69 bits per heavy atom. The highest BCUT2D eigenvalue weighted by Crippen LogP contribution is 2.40. The first-order valence-electron chi connectivity index (χ1n) is 14.9. The molecule has 0 saturated carbocycles. The van der Waals surface area contributed by atoms with Crippen LogP contribution in [0.5, 0.6) is 11.5 Å². The van der Waals surface area contributed by atoms with Crippen molar-refractivity contribution in [2.75, 3.05) is 4.90 Å². The number of benzene rings is 3. The standard InChI is InChI=1S/C39H26N4O4S/c44-25-46-32-17-19-41-35(22-32)37-24-33(47-26-45)23-36(42-37)34-21-28(16-18-40-34)39-15-14-38(48-39)27-8-7-13-31(20-27)43(29-9-3-1-4-10-29)30-11-5-2-6-12-30/h1-26H. The van der Waals surface area contributed by atoms with Crippen LogP contribution >= 0.6 is 11.3 Å². The van der Waals surface area contributed by atoms with Gasteiger partial charge in [0.15, 0.2) is 0 Å². The number of rotatable bonds is 11. The molecule has 48 heavy (non-hydrogen) atoms. The number of para-hydroxylation sites is 2. The van der Waals surface area contributed by atoms with E-state index in [1.807, 2.05) is 48.5 Å². The van der Waals surface area contributed by atoms with Crippen molar-refractivity contribution in [1.29, 1.82) is 0 Å². The highest BCUT2D eigenvalue weighted by atomic mass is 32.1. The van der Waals surface area contributed by atoms with Crippen LogP contribution in [0.25, 0.3) is 43.7 Å². The maximum atomic E-state index is 11.2. The Bertz CT molecular complexity index is 2170. The molecule has 0 bridgehead atoms. The van der Waals surface area contributed by atoms with Crippen molar-refractivity contribution in [2.45, 2.75) is 0 Å². The summed E-state index contributed by atoms with van der Waals surface area (Å²) in [5.74, 6) is 0.589. The minimum atomic E-state index is 0.277. The van der Waals surface area contributed by atoms with Crippen molar-refractivity contribution >= 4 is 41.3 Å². The van der Waals surface area contributed by atoms with E-state index in [4.69, 9.17) is 14.5 Å². The zero-order chi connectivity index (χ0) is 32.7. The quantitative estimate of drug-likeness (QED) is 0.128. The number of thiophene rings is 1. The molecule has 0 atom stereocenters. The Hall–Kier alpha value is -6.45. The fourth-order valence-electron chi connectivity index (χ4n) is 5.34. The van der Waals surface area contributed by atoms with Gasteiger partial charge in [-0.1, -0.05) is 48.5 Å². The summed E-state index contributed by atoms with van der Waals surface area (Å²) in [5.41, 5.74) is 7.22. The lowest BCUT2D eigenvalue weighted by Crippen LogP contribution is -2.09. The van der Waals surface area contributed by atoms with Gasteiger partial charge in [-0.3, -0.25) is 19.6 Å². The van der Waals surface area contributed by atoms with Crippen molar-refractivity contribution in [3.05, 3.63) is 146 Å². The number of hydrogen-bond donors (Lipinski definition) is 0. The van der Waals surface area contributed by atoms with E-state index in [1.165, 1.54) is 6.20 Å². The molecular formula is C39H26N4O4S. The van der Waals surface area contributed by atoms with Crippen molar-refractivity contribution in [2.24, 2.45) is 0 Å².